The van der Waals surface area contributed by atoms with E-state index in [1.54, 1.807) is 42.5 Å². The first-order valence-electron chi connectivity index (χ1n) is 7.38. The van der Waals surface area contributed by atoms with E-state index in [9.17, 15) is 9.59 Å². The standard InChI is InChI=1S/C19H14O6/c1-22-14-10-8-13(9-11-14)18(20)24-15-5-2-3-6-16(15)25-19(21)17-7-4-12-23-17/h2-12H,1H3. The van der Waals surface area contributed by atoms with Gasteiger partial charge in [0.2, 0.25) is 5.76 Å². The number of para-hydroxylation sites is 2. The van der Waals surface area contributed by atoms with E-state index < -0.39 is 11.9 Å². The van der Waals surface area contributed by atoms with Gasteiger partial charge in [0.25, 0.3) is 0 Å². The van der Waals surface area contributed by atoms with Crippen molar-refractivity contribution < 1.29 is 28.2 Å². The number of furan rings is 1. The summed E-state index contributed by atoms with van der Waals surface area (Å²) in [6.07, 6.45) is 1.37. The number of rotatable bonds is 5. The second-order valence-corrected chi connectivity index (χ2v) is 4.93. The van der Waals surface area contributed by atoms with Crippen molar-refractivity contribution in [2.45, 2.75) is 0 Å². The van der Waals surface area contributed by atoms with Crippen LogP contribution in [0.4, 0.5) is 0 Å². The third-order valence-electron chi connectivity index (χ3n) is 3.30. The maximum Gasteiger partial charge on any atom is 0.379 e. The molecule has 25 heavy (non-hydrogen) atoms. The predicted octanol–water partition coefficient (Wildman–Crippen LogP) is 3.73. The van der Waals surface area contributed by atoms with Crippen LogP contribution < -0.4 is 14.2 Å². The average molecular weight is 338 g/mol. The second-order valence-electron chi connectivity index (χ2n) is 4.93. The SMILES string of the molecule is COc1ccc(C(=O)Oc2ccccc2OC(=O)c2ccco2)cc1. The van der Waals surface area contributed by atoms with Gasteiger partial charge in [-0.05, 0) is 48.5 Å². The Kier molecular flexibility index (Phi) is 4.80. The highest BCUT2D eigenvalue weighted by molar-refractivity contribution is 5.92. The Bertz CT molecular complexity index is 865. The van der Waals surface area contributed by atoms with E-state index in [-0.39, 0.29) is 17.3 Å². The van der Waals surface area contributed by atoms with Crippen molar-refractivity contribution >= 4 is 11.9 Å². The number of methoxy groups -OCH3 is 1. The molecule has 1 aromatic heterocycles. The lowest BCUT2D eigenvalue weighted by molar-refractivity contribution is 0.0663. The quantitative estimate of drug-likeness (QED) is 0.521. The van der Waals surface area contributed by atoms with Crippen LogP contribution in [0.1, 0.15) is 20.9 Å². The molecule has 6 nitrogen and oxygen atoms in total. The van der Waals surface area contributed by atoms with E-state index in [0.29, 0.717) is 11.3 Å². The van der Waals surface area contributed by atoms with Crippen molar-refractivity contribution in [3.8, 4) is 17.2 Å². The number of hydrogen-bond donors (Lipinski definition) is 0. The molecule has 0 atom stereocenters. The monoisotopic (exact) mass is 338 g/mol. The summed E-state index contributed by atoms with van der Waals surface area (Å²) in [5, 5.41) is 0. The van der Waals surface area contributed by atoms with Gasteiger partial charge in [-0.2, -0.15) is 0 Å². The zero-order chi connectivity index (χ0) is 17.6. The van der Waals surface area contributed by atoms with E-state index in [2.05, 4.69) is 0 Å². The summed E-state index contributed by atoms with van der Waals surface area (Å²) in [7, 11) is 1.54. The highest BCUT2D eigenvalue weighted by Gasteiger charge is 2.17. The smallest absolute Gasteiger partial charge is 0.379 e. The molecule has 0 N–H and O–H groups in total. The Morgan fingerprint density at radius 1 is 0.800 bits per heavy atom. The van der Waals surface area contributed by atoms with Gasteiger partial charge < -0.3 is 18.6 Å². The van der Waals surface area contributed by atoms with Gasteiger partial charge in [-0.3, -0.25) is 0 Å². The molecule has 0 fully saturated rings. The first kappa shape index (κ1) is 16.3. The topological polar surface area (TPSA) is 75.0 Å². The fraction of sp³-hybridized carbons (Fsp3) is 0.0526. The van der Waals surface area contributed by atoms with Crippen molar-refractivity contribution in [1.82, 2.24) is 0 Å². The minimum absolute atomic E-state index is 0.0521. The second kappa shape index (κ2) is 7.35. The van der Waals surface area contributed by atoms with Crippen LogP contribution in [-0.2, 0) is 0 Å². The van der Waals surface area contributed by atoms with Gasteiger partial charge in [0.05, 0.1) is 18.9 Å². The summed E-state index contributed by atoms with van der Waals surface area (Å²) in [4.78, 5) is 24.2. The normalized spacial score (nSPS) is 10.1. The zero-order valence-electron chi connectivity index (χ0n) is 13.3. The van der Waals surface area contributed by atoms with Gasteiger partial charge in [-0.25, -0.2) is 9.59 Å². The Hall–Kier alpha value is -3.54. The molecule has 0 unspecified atom stereocenters. The third-order valence-corrected chi connectivity index (χ3v) is 3.30. The Balaban J connectivity index is 1.76. The van der Waals surface area contributed by atoms with Gasteiger partial charge in [0.15, 0.2) is 11.5 Å². The largest absolute Gasteiger partial charge is 0.497 e. The van der Waals surface area contributed by atoms with Crippen LogP contribution >= 0.6 is 0 Å². The molecule has 0 radical (unpaired) electrons. The molecule has 3 aromatic rings. The lowest BCUT2D eigenvalue weighted by Gasteiger charge is -2.10. The number of ether oxygens (including phenoxy) is 3. The van der Waals surface area contributed by atoms with E-state index in [4.69, 9.17) is 18.6 Å². The Morgan fingerprint density at radius 3 is 2.00 bits per heavy atom. The lowest BCUT2D eigenvalue weighted by Crippen LogP contribution is -2.12. The van der Waals surface area contributed by atoms with Gasteiger partial charge in [-0.1, -0.05) is 12.1 Å². The fourth-order valence-corrected chi connectivity index (χ4v) is 2.05. The van der Waals surface area contributed by atoms with Crippen molar-refractivity contribution in [1.29, 1.82) is 0 Å². The molecule has 3 rings (SSSR count). The number of carbonyl (C=O) groups excluding carboxylic acids is 2. The molecule has 0 aliphatic heterocycles. The molecule has 0 spiro atoms. The first-order valence-corrected chi connectivity index (χ1v) is 7.38. The molecule has 0 saturated heterocycles. The van der Waals surface area contributed by atoms with Crippen LogP contribution in [0.25, 0.3) is 0 Å². The number of benzene rings is 2. The van der Waals surface area contributed by atoms with Crippen molar-refractivity contribution in [2.75, 3.05) is 7.11 Å². The van der Waals surface area contributed by atoms with Crippen molar-refractivity contribution in [3.63, 3.8) is 0 Å². The van der Waals surface area contributed by atoms with Gasteiger partial charge in [0, 0.05) is 0 Å². The van der Waals surface area contributed by atoms with Crippen LogP contribution in [0.15, 0.2) is 71.3 Å². The molecule has 1 heterocycles. The summed E-state index contributed by atoms with van der Waals surface area (Å²) >= 11 is 0. The van der Waals surface area contributed by atoms with Gasteiger partial charge in [-0.15, -0.1) is 0 Å². The predicted molar refractivity (Wildman–Crippen MR) is 88.1 cm³/mol. The Morgan fingerprint density at radius 2 is 1.44 bits per heavy atom. The maximum atomic E-state index is 12.3. The van der Waals surface area contributed by atoms with Crippen molar-refractivity contribution in [3.05, 3.63) is 78.3 Å². The van der Waals surface area contributed by atoms with Crippen molar-refractivity contribution in [2.24, 2.45) is 0 Å². The van der Waals surface area contributed by atoms with E-state index in [1.165, 1.54) is 31.6 Å². The molecule has 2 aromatic carbocycles. The molecule has 0 bridgehead atoms. The zero-order valence-corrected chi connectivity index (χ0v) is 13.3. The summed E-state index contributed by atoms with van der Waals surface area (Å²) in [5.41, 5.74) is 0.341. The highest BCUT2D eigenvalue weighted by atomic mass is 16.6. The summed E-state index contributed by atoms with van der Waals surface area (Å²) in [6.45, 7) is 0. The van der Waals surface area contributed by atoms with E-state index in [0.717, 1.165) is 0 Å². The molecule has 126 valence electrons. The summed E-state index contributed by atoms with van der Waals surface area (Å²) in [5.74, 6) is -0.336. The first-order chi connectivity index (χ1) is 12.2. The van der Waals surface area contributed by atoms with Crippen LogP contribution in [0, 0.1) is 0 Å². The fourth-order valence-electron chi connectivity index (χ4n) is 2.05. The molecular weight excluding hydrogens is 324 g/mol. The van der Waals surface area contributed by atoms with Gasteiger partial charge in [0.1, 0.15) is 5.75 Å². The maximum absolute atomic E-state index is 12.3. The van der Waals surface area contributed by atoms with Crippen LogP contribution in [0.2, 0.25) is 0 Å². The Labute approximate surface area is 143 Å². The minimum Gasteiger partial charge on any atom is -0.497 e. The van der Waals surface area contributed by atoms with Crippen LogP contribution in [-0.4, -0.2) is 19.0 Å². The van der Waals surface area contributed by atoms with E-state index >= 15 is 0 Å². The molecular formula is C19H14O6. The van der Waals surface area contributed by atoms with Crippen LogP contribution in [0.5, 0.6) is 17.2 Å². The molecule has 0 amide bonds. The summed E-state index contributed by atoms with van der Waals surface area (Å²) in [6, 6.07) is 15.9. The van der Waals surface area contributed by atoms with E-state index in [1.807, 2.05) is 0 Å². The molecule has 0 aliphatic carbocycles. The highest BCUT2D eigenvalue weighted by Crippen LogP contribution is 2.28. The summed E-state index contributed by atoms with van der Waals surface area (Å²) < 4.78 is 20.6. The number of hydrogen-bond acceptors (Lipinski definition) is 6. The lowest BCUT2D eigenvalue weighted by atomic mass is 10.2. The average Bonchev–Trinajstić information content (AvgIpc) is 3.18. The molecule has 6 heteroatoms. The minimum atomic E-state index is -0.682. The number of carbonyl (C=O) groups is 2. The number of esters is 2. The third kappa shape index (κ3) is 3.87. The van der Waals surface area contributed by atoms with Crippen LogP contribution in [0.3, 0.4) is 0 Å². The van der Waals surface area contributed by atoms with Gasteiger partial charge >= 0.3 is 11.9 Å². The molecule has 0 saturated carbocycles. The molecule has 0 aliphatic rings.